The molecule has 150 valence electrons. The molecule has 2 heterocycles. The Morgan fingerprint density at radius 2 is 1.86 bits per heavy atom. The molecule has 0 aliphatic rings. The molecule has 1 aromatic carbocycles. The minimum absolute atomic E-state index is 0.0263. The lowest BCUT2D eigenvalue weighted by Gasteiger charge is -2.15. The SMILES string of the molecule is CC(c1ccc(OC(F)F)c(F)c1)n1nc(C(F)(F)F)c2c(=O)[nH]c(=O)[nH]c21. The standard InChI is InChI=1S/C15H10F6N4O3/c1-5(6-2-3-8(7(16)4-6)28-13(17)18)25-11-9(10(24-25)15(19,20)21)12(26)23-14(27)22-11/h2-5,13H,1H3,(H2,22,23,26,27). The van der Waals surface area contributed by atoms with E-state index in [1.54, 1.807) is 4.98 Å². The molecule has 7 nitrogen and oxygen atoms in total. The average molecular weight is 408 g/mol. The van der Waals surface area contributed by atoms with Crippen molar-refractivity contribution in [1.29, 1.82) is 0 Å². The number of aromatic nitrogens is 4. The summed E-state index contributed by atoms with van der Waals surface area (Å²) in [7, 11) is 0. The van der Waals surface area contributed by atoms with E-state index in [1.165, 1.54) is 6.92 Å². The van der Waals surface area contributed by atoms with Crippen molar-refractivity contribution in [3.8, 4) is 5.75 Å². The molecule has 0 aliphatic carbocycles. The molecule has 3 rings (SSSR count). The van der Waals surface area contributed by atoms with E-state index in [1.807, 2.05) is 0 Å². The molecule has 1 unspecified atom stereocenters. The highest BCUT2D eigenvalue weighted by molar-refractivity contribution is 5.77. The number of alkyl halides is 5. The van der Waals surface area contributed by atoms with Crippen molar-refractivity contribution in [3.63, 3.8) is 0 Å². The first kappa shape index (κ1) is 19.5. The molecule has 0 bridgehead atoms. The Balaban J connectivity index is 2.17. The van der Waals surface area contributed by atoms with Gasteiger partial charge in [0.25, 0.3) is 5.56 Å². The molecule has 0 fully saturated rings. The normalized spacial score (nSPS) is 13.3. The molecule has 0 aliphatic heterocycles. The molecule has 1 atom stereocenters. The van der Waals surface area contributed by atoms with E-state index in [4.69, 9.17) is 0 Å². The van der Waals surface area contributed by atoms with Crippen LogP contribution in [0.4, 0.5) is 26.3 Å². The van der Waals surface area contributed by atoms with Crippen LogP contribution in [0.1, 0.15) is 24.2 Å². The lowest BCUT2D eigenvalue weighted by molar-refractivity contribution is -0.140. The van der Waals surface area contributed by atoms with Gasteiger partial charge in [0.2, 0.25) is 0 Å². The average Bonchev–Trinajstić information content (AvgIpc) is 2.95. The molecule has 13 heteroatoms. The van der Waals surface area contributed by atoms with Gasteiger partial charge in [0.1, 0.15) is 11.0 Å². The van der Waals surface area contributed by atoms with Crippen molar-refractivity contribution < 1.29 is 31.1 Å². The van der Waals surface area contributed by atoms with Crippen molar-refractivity contribution >= 4 is 11.0 Å². The molecular weight excluding hydrogens is 398 g/mol. The summed E-state index contributed by atoms with van der Waals surface area (Å²) >= 11 is 0. The molecule has 0 radical (unpaired) electrons. The zero-order chi connectivity index (χ0) is 20.8. The molecule has 2 N–H and O–H groups in total. The zero-order valence-electron chi connectivity index (χ0n) is 13.8. The van der Waals surface area contributed by atoms with Crippen molar-refractivity contribution in [3.05, 3.63) is 56.1 Å². The smallest absolute Gasteiger partial charge is 0.432 e. The molecule has 28 heavy (non-hydrogen) atoms. The Kier molecular flexibility index (Phi) is 4.69. The number of nitrogens with zero attached hydrogens (tertiary/aromatic N) is 2. The Labute approximate surface area is 150 Å². The summed E-state index contributed by atoms with van der Waals surface area (Å²) in [5.41, 5.74) is -4.40. The second-order valence-corrected chi connectivity index (χ2v) is 5.67. The predicted molar refractivity (Wildman–Crippen MR) is 82.8 cm³/mol. The van der Waals surface area contributed by atoms with Crippen molar-refractivity contribution in [2.24, 2.45) is 0 Å². The van der Waals surface area contributed by atoms with Gasteiger partial charge in [-0.15, -0.1) is 0 Å². The number of halogens is 6. The van der Waals surface area contributed by atoms with Crippen LogP contribution in [0.25, 0.3) is 11.0 Å². The molecule has 2 aromatic heterocycles. The van der Waals surface area contributed by atoms with Crippen LogP contribution in [-0.2, 0) is 6.18 Å². The molecule has 0 saturated heterocycles. The number of rotatable bonds is 4. The fourth-order valence-corrected chi connectivity index (χ4v) is 2.66. The van der Waals surface area contributed by atoms with Crippen LogP contribution in [0.2, 0.25) is 0 Å². The molecule has 3 aromatic rings. The third-order valence-electron chi connectivity index (χ3n) is 3.89. The summed E-state index contributed by atoms with van der Waals surface area (Å²) in [6.07, 6.45) is -5.01. The van der Waals surface area contributed by atoms with Crippen LogP contribution in [0.5, 0.6) is 5.75 Å². The number of nitrogens with one attached hydrogen (secondary N) is 2. The topological polar surface area (TPSA) is 92.8 Å². The number of H-pyrrole nitrogens is 2. The van der Waals surface area contributed by atoms with Crippen LogP contribution >= 0.6 is 0 Å². The molecular formula is C15H10F6N4O3. The monoisotopic (exact) mass is 408 g/mol. The van der Waals surface area contributed by atoms with Gasteiger partial charge in [0.05, 0.1) is 6.04 Å². The number of fused-ring (bicyclic) bond motifs is 1. The quantitative estimate of drug-likeness (QED) is 0.650. The number of hydrogen-bond acceptors (Lipinski definition) is 4. The minimum Gasteiger partial charge on any atom is -0.432 e. The van der Waals surface area contributed by atoms with Gasteiger partial charge in [-0.2, -0.15) is 27.1 Å². The van der Waals surface area contributed by atoms with Crippen LogP contribution in [0.15, 0.2) is 27.8 Å². The van der Waals surface area contributed by atoms with Crippen molar-refractivity contribution in [2.45, 2.75) is 25.8 Å². The van der Waals surface area contributed by atoms with Crippen molar-refractivity contribution in [1.82, 2.24) is 19.7 Å². The largest absolute Gasteiger partial charge is 0.436 e. The van der Waals surface area contributed by atoms with Gasteiger partial charge in [-0.25, -0.2) is 13.9 Å². The van der Waals surface area contributed by atoms with Crippen molar-refractivity contribution in [2.75, 3.05) is 0 Å². The summed E-state index contributed by atoms with van der Waals surface area (Å²) in [5, 5.41) is 2.48. The maximum absolute atomic E-state index is 13.9. The highest BCUT2D eigenvalue weighted by Gasteiger charge is 2.39. The highest BCUT2D eigenvalue weighted by atomic mass is 19.4. The summed E-state index contributed by atoms with van der Waals surface area (Å²) in [6, 6.07) is 1.68. The fourth-order valence-electron chi connectivity index (χ4n) is 2.66. The van der Waals surface area contributed by atoms with E-state index < -0.39 is 58.4 Å². The van der Waals surface area contributed by atoms with Gasteiger partial charge in [-0.05, 0) is 24.6 Å². The fraction of sp³-hybridized carbons (Fsp3) is 0.267. The number of aromatic amines is 2. The van der Waals surface area contributed by atoms with E-state index in [0.29, 0.717) is 4.68 Å². The third-order valence-corrected chi connectivity index (χ3v) is 3.89. The summed E-state index contributed by atoms with van der Waals surface area (Å²) in [4.78, 5) is 27.1. The van der Waals surface area contributed by atoms with E-state index in [9.17, 15) is 35.9 Å². The molecule has 0 saturated carbocycles. The lowest BCUT2D eigenvalue weighted by Crippen LogP contribution is -2.24. The van der Waals surface area contributed by atoms with Gasteiger partial charge >= 0.3 is 18.5 Å². The Bertz CT molecular complexity index is 1150. The van der Waals surface area contributed by atoms with Crippen LogP contribution in [-0.4, -0.2) is 26.4 Å². The lowest BCUT2D eigenvalue weighted by atomic mass is 10.1. The van der Waals surface area contributed by atoms with Gasteiger partial charge in [-0.1, -0.05) is 6.07 Å². The Morgan fingerprint density at radius 1 is 1.18 bits per heavy atom. The van der Waals surface area contributed by atoms with Gasteiger partial charge < -0.3 is 4.74 Å². The Morgan fingerprint density at radius 3 is 2.43 bits per heavy atom. The number of hydrogen-bond donors (Lipinski definition) is 2. The van der Waals surface area contributed by atoms with Crippen LogP contribution in [0, 0.1) is 5.82 Å². The summed E-state index contributed by atoms with van der Waals surface area (Å²) < 4.78 is 82.8. The third kappa shape index (κ3) is 3.46. The number of benzene rings is 1. The maximum Gasteiger partial charge on any atom is 0.436 e. The summed E-state index contributed by atoms with van der Waals surface area (Å²) in [5.74, 6) is -1.93. The van der Waals surface area contributed by atoms with E-state index in [-0.39, 0.29) is 5.56 Å². The van der Waals surface area contributed by atoms with Crippen LogP contribution < -0.4 is 16.0 Å². The first-order valence-electron chi connectivity index (χ1n) is 7.55. The van der Waals surface area contributed by atoms with Gasteiger partial charge in [-0.3, -0.25) is 14.8 Å². The first-order chi connectivity index (χ1) is 13.0. The van der Waals surface area contributed by atoms with E-state index >= 15 is 0 Å². The second-order valence-electron chi connectivity index (χ2n) is 5.67. The van der Waals surface area contributed by atoms with Crippen LogP contribution in [0.3, 0.4) is 0 Å². The molecule has 0 spiro atoms. The Hall–Kier alpha value is -3.25. The minimum atomic E-state index is -5.01. The number of ether oxygens (including phenoxy) is 1. The zero-order valence-corrected chi connectivity index (χ0v) is 13.8. The first-order valence-corrected chi connectivity index (χ1v) is 7.55. The molecule has 0 amide bonds. The van der Waals surface area contributed by atoms with Gasteiger partial charge in [0, 0.05) is 0 Å². The van der Waals surface area contributed by atoms with E-state index in [2.05, 4.69) is 14.8 Å². The van der Waals surface area contributed by atoms with Gasteiger partial charge in [0.15, 0.2) is 17.3 Å². The highest BCUT2D eigenvalue weighted by Crippen LogP contribution is 2.34. The second kappa shape index (κ2) is 6.73. The summed E-state index contributed by atoms with van der Waals surface area (Å²) in [6.45, 7) is -1.95. The van der Waals surface area contributed by atoms with E-state index in [0.717, 1.165) is 18.2 Å². The predicted octanol–water partition coefficient (Wildman–Crippen LogP) is 2.78. The maximum atomic E-state index is 13.9.